The van der Waals surface area contributed by atoms with Crippen molar-refractivity contribution >= 4 is 45.5 Å². The molecule has 0 N–H and O–H groups in total. The molecule has 0 spiro atoms. The highest BCUT2D eigenvalue weighted by atomic mass is 19.1. The second-order valence-corrected chi connectivity index (χ2v) is 16.5. The first-order valence-corrected chi connectivity index (χ1v) is 20.8. The zero-order chi connectivity index (χ0) is 39.9. The van der Waals surface area contributed by atoms with Crippen LogP contribution in [0, 0.1) is 5.82 Å². The van der Waals surface area contributed by atoms with Crippen LogP contribution in [0.25, 0.3) is 38.8 Å². The smallest absolute Gasteiger partial charge is 0.245 e. The highest BCUT2D eigenvalue weighted by Gasteiger charge is 2.44. The van der Waals surface area contributed by atoms with Crippen molar-refractivity contribution in [3.63, 3.8) is 0 Å². The van der Waals surface area contributed by atoms with Gasteiger partial charge in [0, 0.05) is 57.3 Å². The molecule has 3 saturated heterocycles. The van der Waals surface area contributed by atoms with E-state index in [-0.39, 0.29) is 30.6 Å². The highest BCUT2D eigenvalue weighted by molar-refractivity contribution is 5.97. The van der Waals surface area contributed by atoms with Crippen molar-refractivity contribution in [3.8, 4) is 28.3 Å². The Kier molecular flexibility index (Phi) is 8.48. The van der Waals surface area contributed by atoms with Crippen molar-refractivity contribution in [3.05, 3.63) is 78.4 Å². The van der Waals surface area contributed by atoms with E-state index in [9.17, 15) is 14.0 Å². The molecule has 8 heterocycles. The Morgan fingerprint density at radius 2 is 1.71 bits per heavy atom. The Labute approximate surface area is 340 Å². The van der Waals surface area contributed by atoms with Gasteiger partial charge in [-0.25, -0.2) is 9.07 Å². The molecule has 4 atom stereocenters. The average Bonchev–Trinajstić information content (AvgIpc) is 4.09. The second kappa shape index (κ2) is 13.9. The zero-order valence-electron chi connectivity index (χ0n) is 33.1. The molecule has 3 aromatic heterocycles. The van der Waals surface area contributed by atoms with Crippen LogP contribution in [-0.2, 0) is 23.1 Å². The third-order valence-corrected chi connectivity index (χ3v) is 13.0. The van der Waals surface area contributed by atoms with Crippen LogP contribution < -0.4 is 19.3 Å². The van der Waals surface area contributed by atoms with Crippen LogP contribution in [-0.4, -0.2) is 115 Å². The Morgan fingerprint density at radius 3 is 2.63 bits per heavy atom. The summed E-state index contributed by atoms with van der Waals surface area (Å²) in [5.41, 5.74) is 5.19. The van der Waals surface area contributed by atoms with Crippen LogP contribution in [0.5, 0.6) is 11.5 Å². The fraction of sp³-hybridized carbons (Fsp3) is 0.409. The first-order valence-electron chi connectivity index (χ1n) is 20.8. The van der Waals surface area contributed by atoms with E-state index >= 15 is 0 Å². The van der Waals surface area contributed by atoms with E-state index in [1.165, 1.54) is 12.1 Å². The molecule has 15 heteroatoms. The lowest BCUT2D eigenvalue weighted by Gasteiger charge is -2.32. The largest absolute Gasteiger partial charge is 0.489 e. The Morgan fingerprint density at radius 1 is 0.847 bits per heavy atom. The van der Waals surface area contributed by atoms with Gasteiger partial charge in [0.15, 0.2) is 5.65 Å². The fourth-order valence-electron chi connectivity index (χ4n) is 10.1. The quantitative estimate of drug-likeness (QED) is 0.217. The number of aromatic nitrogens is 6. The Bertz CT molecular complexity index is 2660. The number of anilines is 2. The molecular formula is C44H45FN10O4. The minimum atomic E-state index is -0.610. The maximum atomic E-state index is 14.9. The summed E-state index contributed by atoms with van der Waals surface area (Å²) < 4.78 is 31.7. The number of aryl methyl sites for hydroxylation is 2. The van der Waals surface area contributed by atoms with E-state index in [1.54, 1.807) is 16.9 Å². The summed E-state index contributed by atoms with van der Waals surface area (Å²) in [7, 11) is 3.85. The van der Waals surface area contributed by atoms with E-state index in [0.717, 1.165) is 59.8 Å². The molecule has 11 rings (SSSR count). The normalized spacial score (nSPS) is 23.2. The van der Waals surface area contributed by atoms with Crippen molar-refractivity contribution < 1.29 is 23.5 Å². The summed E-state index contributed by atoms with van der Waals surface area (Å²) in [5.74, 6) is 1.50. The number of halogens is 1. The van der Waals surface area contributed by atoms with Gasteiger partial charge in [0.05, 0.1) is 29.7 Å². The van der Waals surface area contributed by atoms with E-state index in [2.05, 4.69) is 18.2 Å². The number of likely N-dealkylation sites (N-methyl/N-ethyl adjacent to an activating group) is 1. The standard InChI is InChI=1S/C44H45FN10O4/c1-50-17-6-13-35-39-31(11-4-12-33(39)49-51(35)2)26-8-3-10-29(20-26)59-30-22-37(42(50)56)54(24-30)40-32-23-46-55-34-16-15-27(45)21-38(34)58-25-28-9-5-18-52(28)43(57)36-14-7-19-53(36)44(47-40)48-41(32)55/h3-4,8,10-12,15-16,20-21,23,28,30,36-37H,5-7,9,13-14,17-19,22,24-25H2,1-2H3/t28?,30-,36-,37-/m0/s1. The number of nitrogens with zero attached hydrogens (tertiary/aromatic N) is 10. The van der Waals surface area contributed by atoms with Gasteiger partial charge in [0.2, 0.25) is 17.8 Å². The van der Waals surface area contributed by atoms with Gasteiger partial charge in [-0.3, -0.25) is 14.3 Å². The fourth-order valence-corrected chi connectivity index (χ4v) is 10.1. The third-order valence-electron chi connectivity index (χ3n) is 13.0. The molecule has 14 nitrogen and oxygen atoms in total. The van der Waals surface area contributed by atoms with Gasteiger partial charge in [-0.15, -0.1) is 0 Å². The summed E-state index contributed by atoms with van der Waals surface area (Å²) in [6.45, 7) is 2.39. The molecule has 6 bridgehead atoms. The maximum absolute atomic E-state index is 14.9. The lowest BCUT2D eigenvalue weighted by Crippen LogP contribution is -2.49. The Balaban J connectivity index is 1.04. The zero-order valence-corrected chi connectivity index (χ0v) is 33.1. The average molecular weight is 797 g/mol. The van der Waals surface area contributed by atoms with Crippen molar-refractivity contribution in [2.75, 3.05) is 49.6 Å². The summed E-state index contributed by atoms with van der Waals surface area (Å²) in [4.78, 5) is 47.3. The molecular weight excluding hydrogens is 752 g/mol. The maximum Gasteiger partial charge on any atom is 0.245 e. The van der Waals surface area contributed by atoms with Crippen LogP contribution in [0.4, 0.5) is 16.2 Å². The summed E-state index contributed by atoms with van der Waals surface area (Å²) in [6, 6.07) is 17.6. The minimum absolute atomic E-state index is 0.0280. The number of benzene rings is 3. The summed E-state index contributed by atoms with van der Waals surface area (Å²) in [6.07, 6.45) is 6.42. The number of amides is 2. The number of fused-ring (bicyclic) bond motifs is 11. The van der Waals surface area contributed by atoms with Crippen molar-refractivity contribution in [1.29, 1.82) is 0 Å². The number of carbonyl (C=O) groups is 2. The molecule has 3 aromatic carbocycles. The molecule has 6 aromatic rings. The highest BCUT2D eigenvalue weighted by Crippen LogP contribution is 2.40. The predicted octanol–water partition coefficient (Wildman–Crippen LogP) is 5.29. The van der Waals surface area contributed by atoms with E-state index in [1.807, 2.05) is 62.6 Å². The molecule has 0 saturated carbocycles. The molecule has 59 heavy (non-hydrogen) atoms. The van der Waals surface area contributed by atoms with Crippen LogP contribution in [0.3, 0.4) is 0 Å². The molecule has 0 aliphatic carbocycles. The minimum Gasteiger partial charge on any atom is -0.489 e. The van der Waals surface area contributed by atoms with Gasteiger partial charge in [-0.05, 0) is 80.0 Å². The first-order chi connectivity index (χ1) is 28.8. The molecule has 2 amide bonds. The second-order valence-electron chi connectivity index (χ2n) is 16.5. The lowest BCUT2D eigenvalue weighted by atomic mass is 9.98. The molecule has 0 radical (unpaired) electrons. The topological polar surface area (TPSA) is 127 Å². The molecule has 1 unspecified atom stereocenters. The van der Waals surface area contributed by atoms with Gasteiger partial charge in [0.1, 0.15) is 53.6 Å². The number of carbonyl (C=O) groups excluding carboxylic acids is 2. The van der Waals surface area contributed by atoms with Gasteiger partial charge in [-0.1, -0.05) is 24.3 Å². The van der Waals surface area contributed by atoms with Gasteiger partial charge < -0.3 is 29.1 Å². The molecule has 3 fully saturated rings. The van der Waals surface area contributed by atoms with Gasteiger partial charge in [0.25, 0.3) is 0 Å². The van der Waals surface area contributed by atoms with Gasteiger partial charge in [-0.2, -0.15) is 20.2 Å². The van der Waals surface area contributed by atoms with Crippen molar-refractivity contribution in [2.24, 2.45) is 7.05 Å². The number of rotatable bonds is 1. The number of hydrogen-bond acceptors (Lipinski definition) is 10. The third kappa shape index (κ3) is 5.95. The van der Waals surface area contributed by atoms with E-state index in [0.29, 0.717) is 79.0 Å². The predicted molar refractivity (Wildman–Crippen MR) is 219 cm³/mol. The Hall–Kier alpha value is -6.25. The molecule has 5 aliphatic rings. The number of ether oxygens (including phenoxy) is 2. The molecule has 5 aliphatic heterocycles. The van der Waals surface area contributed by atoms with Crippen molar-refractivity contribution in [1.82, 2.24) is 39.3 Å². The van der Waals surface area contributed by atoms with Crippen LogP contribution in [0.15, 0.2) is 66.9 Å². The first kappa shape index (κ1) is 35.9. The van der Waals surface area contributed by atoms with E-state index < -0.39 is 17.9 Å². The van der Waals surface area contributed by atoms with Crippen LogP contribution in [0.1, 0.15) is 44.2 Å². The number of hydrogen-bond donors (Lipinski definition) is 0. The van der Waals surface area contributed by atoms with Crippen molar-refractivity contribution in [2.45, 2.75) is 69.2 Å². The van der Waals surface area contributed by atoms with Gasteiger partial charge >= 0.3 is 0 Å². The lowest BCUT2D eigenvalue weighted by molar-refractivity contribution is -0.134. The van der Waals surface area contributed by atoms with Crippen LogP contribution >= 0.6 is 0 Å². The monoisotopic (exact) mass is 796 g/mol. The van der Waals surface area contributed by atoms with E-state index in [4.69, 9.17) is 29.6 Å². The molecule has 302 valence electrons. The summed E-state index contributed by atoms with van der Waals surface area (Å²) >= 11 is 0. The SMILES string of the molecule is CN1CCCc2c3c(cccc3nn2C)-c2cccc(c2)O[C@H]2C[C@@H](C1=O)N(c1nc3nc4c1cnn4-c1ccc(F)cc1OCC1CCCN1C(=O)[C@@H]1CCCN31)C2. The summed E-state index contributed by atoms with van der Waals surface area (Å²) in [5, 5.41) is 11.4. The van der Waals surface area contributed by atoms with Crippen LogP contribution in [0.2, 0.25) is 0 Å².